The lowest BCUT2D eigenvalue weighted by Crippen LogP contribution is -2.26. The maximum Gasteiger partial charge on any atom is 0.272 e. The Kier molecular flexibility index (Phi) is 2.28. The molecule has 6 heteroatoms. The average Bonchev–Trinajstić information content (AvgIpc) is 3.02. The lowest BCUT2D eigenvalue weighted by atomic mass is 10.3. The SMILES string of the molecule is NNc1ccc(C(=O)NC2CC2)nn1. The fourth-order valence-electron chi connectivity index (χ4n) is 1.02. The second-order valence-electron chi connectivity index (χ2n) is 3.20. The molecule has 0 atom stereocenters. The van der Waals surface area contributed by atoms with Crippen LogP contribution in [0.5, 0.6) is 0 Å². The standard InChI is InChI=1S/C8H11N5O/c9-11-7-4-3-6(12-13-7)8(14)10-5-1-2-5/h3-5H,1-2,9H2,(H,10,14)(H,11,13). The first-order valence-electron chi connectivity index (χ1n) is 4.41. The molecule has 1 aromatic rings. The van der Waals surface area contributed by atoms with Gasteiger partial charge < -0.3 is 10.7 Å². The van der Waals surface area contributed by atoms with Crippen molar-refractivity contribution < 1.29 is 4.79 Å². The number of aromatic nitrogens is 2. The zero-order valence-corrected chi connectivity index (χ0v) is 7.53. The summed E-state index contributed by atoms with van der Waals surface area (Å²) in [4.78, 5) is 11.4. The molecule has 0 unspecified atom stereocenters. The van der Waals surface area contributed by atoms with Gasteiger partial charge in [0.25, 0.3) is 5.91 Å². The number of nitrogens with zero attached hydrogens (tertiary/aromatic N) is 2. The van der Waals surface area contributed by atoms with Gasteiger partial charge in [-0.3, -0.25) is 4.79 Å². The molecule has 4 N–H and O–H groups in total. The molecule has 0 radical (unpaired) electrons. The number of hydrogen-bond acceptors (Lipinski definition) is 5. The molecule has 1 aliphatic carbocycles. The number of rotatable bonds is 3. The first-order valence-corrected chi connectivity index (χ1v) is 4.41. The van der Waals surface area contributed by atoms with Crippen molar-refractivity contribution in [3.05, 3.63) is 17.8 Å². The van der Waals surface area contributed by atoms with Crippen LogP contribution in [0.1, 0.15) is 23.3 Å². The highest BCUT2D eigenvalue weighted by molar-refractivity contribution is 5.92. The van der Waals surface area contributed by atoms with Gasteiger partial charge in [-0.05, 0) is 25.0 Å². The molecule has 2 rings (SSSR count). The topological polar surface area (TPSA) is 92.9 Å². The summed E-state index contributed by atoms with van der Waals surface area (Å²) in [5.41, 5.74) is 2.66. The Morgan fingerprint density at radius 3 is 2.71 bits per heavy atom. The van der Waals surface area contributed by atoms with Crippen LogP contribution in [-0.4, -0.2) is 22.1 Å². The van der Waals surface area contributed by atoms with Gasteiger partial charge in [-0.2, -0.15) is 0 Å². The van der Waals surface area contributed by atoms with Gasteiger partial charge in [-0.15, -0.1) is 10.2 Å². The maximum absolute atomic E-state index is 11.4. The summed E-state index contributed by atoms with van der Waals surface area (Å²) in [5.74, 6) is 5.37. The Morgan fingerprint density at radius 1 is 1.43 bits per heavy atom. The Labute approximate surface area is 80.9 Å². The van der Waals surface area contributed by atoms with Gasteiger partial charge >= 0.3 is 0 Å². The van der Waals surface area contributed by atoms with Crippen molar-refractivity contribution in [3.63, 3.8) is 0 Å². The molecule has 0 saturated heterocycles. The first-order chi connectivity index (χ1) is 6.79. The maximum atomic E-state index is 11.4. The minimum absolute atomic E-state index is 0.177. The second kappa shape index (κ2) is 3.59. The van der Waals surface area contributed by atoms with Crippen LogP contribution in [0.4, 0.5) is 5.82 Å². The summed E-state index contributed by atoms with van der Waals surface area (Å²) in [7, 11) is 0. The van der Waals surface area contributed by atoms with Crippen LogP contribution in [0.3, 0.4) is 0 Å². The third-order valence-electron chi connectivity index (χ3n) is 1.96. The van der Waals surface area contributed by atoms with E-state index in [-0.39, 0.29) is 5.91 Å². The lowest BCUT2D eigenvalue weighted by molar-refractivity contribution is 0.0945. The highest BCUT2D eigenvalue weighted by Crippen LogP contribution is 2.18. The van der Waals surface area contributed by atoms with Gasteiger partial charge in [-0.25, -0.2) is 5.84 Å². The van der Waals surface area contributed by atoms with Crippen LogP contribution in [0.25, 0.3) is 0 Å². The highest BCUT2D eigenvalue weighted by atomic mass is 16.2. The molecule has 0 aliphatic heterocycles. The van der Waals surface area contributed by atoms with E-state index in [0.717, 1.165) is 12.8 Å². The second-order valence-corrected chi connectivity index (χ2v) is 3.20. The molecule has 1 fully saturated rings. The molecule has 6 nitrogen and oxygen atoms in total. The lowest BCUT2D eigenvalue weighted by Gasteiger charge is -2.02. The largest absolute Gasteiger partial charge is 0.348 e. The number of hydrazine groups is 1. The van der Waals surface area contributed by atoms with Crippen LogP contribution >= 0.6 is 0 Å². The summed E-state index contributed by atoms with van der Waals surface area (Å²) in [6.07, 6.45) is 2.11. The molecule has 1 heterocycles. The zero-order valence-electron chi connectivity index (χ0n) is 7.53. The minimum Gasteiger partial charge on any atom is -0.348 e. The predicted molar refractivity (Wildman–Crippen MR) is 50.3 cm³/mol. The van der Waals surface area contributed by atoms with Crippen molar-refractivity contribution >= 4 is 11.7 Å². The monoisotopic (exact) mass is 193 g/mol. The van der Waals surface area contributed by atoms with E-state index in [1.165, 1.54) is 0 Å². The van der Waals surface area contributed by atoms with E-state index in [2.05, 4.69) is 20.9 Å². The van der Waals surface area contributed by atoms with E-state index in [1.54, 1.807) is 12.1 Å². The highest BCUT2D eigenvalue weighted by Gasteiger charge is 2.24. The van der Waals surface area contributed by atoms with Crippen LogP contribution in [0, 0.1) is 0 Å². The van der Waals surface area contributed by atoms with Crippen molar-refractivity contribution in [2.24, 2.45) is 5.84 Å². The Hall–Kier alpha value is -1.69. The number of carbonyl (C=O) groups excluding carboxylic acids is 1. The fraction of sp³-hybridized carbons (Fsp3) is 0.375. The smallest absolute Gasteiger partial charge is 0.272 e. The fourth-order valence-corrected chi connectivity index (χ4v) is 1.02. The summed E-state index contributed by atoms with van der Waals surface area (Å²) in [6.45, 7) is 0. The first kappa shape index (κ1) is 8.89. The molecule has 0 aromatic carbocycles. The van der Waals surface area contributed by atoms with Gasteiger partial charge in [0, 0.05) is 6.04 Å². The molecule has 1 saturated carbocycles. The zero-order chi connectivity index (χ0) is 9.97. The van der Waals surface area contributed by atoms with Crippen molar-refractivity contribution in [1.29, 1.82) is 0 Å². The summed E-state index contributed by atoms with van der Waals surface area (Å²) in [6, 6.07) is 3.52. The van der Waals surface area contributed by atoms with Gasteiger partial charge in [0.1, 0.15) is 0 Å². The van der Waals surface area contributed by atoms with Gasteiger partial charge in [0.05, 0.1) is 0 Å². The Bertz CT molecular complexity index is 332. The van der Waals surface area contributed by atoms with E-state index in [9.17, 15) is 4.79 Å². The normalized spacial score (nSPS) is 14.9. The molecule has 14 heavy (non-hydrogen) atoms. The van der Waals surface area contributed by atoms with E-state index in [0.29, 0.717) is 17.6 Å². The van der Waals surface area contributed by atoms with E-state index < -0.39 is 0 Å². The molecule has 74 valence electrons. The summed E-state index contributed by atoms with van der Waals surface area (Å²) in [5, 5.41) is 10.2. The Balaban J connectivity index is 2.03. The van der Waals surface area contributed by atoms with Gasteiger partial charge in [-0.1, -0.05) is 0 Å². The number of anilines is 1. The Morgan fingerprint density at radius 2 is 2.21 bits per heavy atom. The van der Waals surface area contributed by atoms with Crippen LogP contribution < -0.4 is 16.6 Å². The predicted octanol–water partition coefficient (Wildman–Crippen LogP) is -0.346. The number of amides is 1. The molecular weight excluding hydrogens is 182 g/mol. The van der Waals surface area contributed by atoms with Crippen molar-refractivity contribution in [2.75, 3.05) is 5.43 Å². The number of carbonyl (C=O) groups is 1. The van der Waals surface area contributed by atoms with Crippen molar-refractivity contribution in [3.8, 4) is 0 Å². The van der Waals surface area contributed by atoms with E-state index >= 15 is 0 Å². The number of nitrogens with one attached hydrogen (secondary N) is 2. The van der Waals surface area contributed by atoms with Gasteiger partial charge in [0.2, 0.25) is 0 Å². The van der Waals surface area contributed by atoms with Crippen molar-refractivity contribution in [1.82, 2.24) is 15.5 Å². The molecule has 1 aliphatic rings. The summed E-state index contributed by atoms with van der Waals surface area (Å²) >= 11 is 0. The van der Waals surface area contributed by atoms with Crippen LogP contribution in [0.2, 0.25) is 0 Å². The van der Waals surface area contributed by atoms with Crippen LogP contribution in [-0.2, 0) is 0 Å². The quantitative estimate of drug-likeness (QED) is 0.451. The number of nitrogen functional groups attached to an aromatic ring is 1. The molecule has 1 aromatic heterocycles. The number of hydrogen-bond donors (Lipinski definition) is 3. The third kappa shape index (κ3) is 1.97. The minimum atomic E-state index is -0.177. The average molecular weight is 193 g/mol. The number of nitrogens with two attached hydrogens (primary N) is 1. The van der Waals surface area contributed by atoms with E-state index in [1.807, 2.05) is 0 Å². The molecule has 0 bridgehead atoms. The molecular formula is C8H11N5O. The third-order valence-corrected chi connectivity index (χ3v) is 1.96. The van der Waals surface area contributed by atoms with Gasteiger partial charge in [0.15, 0.2) is 11.5 Å². The molecule has 1 amide bonds. The summed E-state index contributed by atoms with van der Waals surface area (Å²) < 4.78 is 0. The van der Waals surface area contributed by atoms with Crippen LogP contribution in [0.15, 0.2) is 12.1 Å². The van der Waals surface area contributed by atoms with E-state index in [4.69, 9.17) is 5.84 Å². The van der Waals surface area contributed by atoms with Crippen molar-refractivity contribution in [2.45, 2.75) is 18.9 Å². The molecule has 0 spiro atoms.